The molecule has 1 heterocycles. The molecule has 1 aliphatic heterocycles. The molecule has 0 bridgehead atoms. The molecule has 1 amide bonds. The van der Waals surface area contributed by atoms with Gasteiger partial charge >= 0.3 is 0 Å². The van der Waals surface area contributed by atoms with Crippen molar-refractivity contribution >= 4 is 37.2 Å². The summed E-state index contributed by atoms with van der Waals surface area (Å²) in [6, 6.07) is 4.05. The lowest BCUT2D eigenvalue weighted by Crippen LogP contribution is -2.32. The minimum absolute atomic E-state index is 0.0250. The second-order valence-electron chi connectivity index (χ2n) is 4.41. The summed E-state index contributed by atoms with van der Waals surface area (Å²) in [5.74, 6) is -0.146. The fraction of sp³-hybridized carbons (Fsp3) is 0.417. The molecule has 1 saturated heterocycles. The number of carbonyl (C=O) groups excluding carboxylic acids is 1. The average molecular weight is 338 g/mol. The summed E-state index contributed by atoms with van der Waals surface area (Å²) in [4.78, 5) is 13.3. The lowest BCUT2D eigenvalue weighted by molar-refractivity contribution is -0.132. The smallest absolute Gasteiger partial charge is 0.265 e. The van der Waals surface area contributed by atoms with Crippen LogP contribution in [-0.4, -0.2) is 38.9 Å². The summed E-state index contributed by atoms with van der Waals surface area (Å²) in [6.07, 6.45) is 1.96. The Morgan fingerprint density at radius 1 is 1.30 bits per heavy atom. The molecule has 0 spiro atoms. The van der Waals surface area contributed by atoms with Gasteiger partial charge in [-0.05, 0) is 31.0 Å². The first-order valence-corrected chi connectivity index (χ1v) is 8.71. The first-order chi connectivity index (χ1) is 9.38. The maximum atomic E-state index is 11.8. The second kappa shape index (κ2) is 6.20. The Balaban J connectivity index is 2.11. The SMILES string of the molecule is O=C(COc1ccc(Cl)cc1S(=O)(=O)Cl)N1CCCC1. The Kier molecular flexibility index (Phi) is 4.78. The molecule has 0 aliphatic carbocycles. The van der Waals surface area contributed by atoms with E-state index in [9.17, 15) is 13.2 Å². The predicted molar refractivity (Wildman–Crippen MR) is 75.8 cm³/mol. The molecule has 2 rings (SSSR count). The molecule has 1 aromatic rings. The Morgan fingerprint density at radius 3 is 2.55 bits per heavy atom. The fourth-order valence-corrected chi connectivity index (χ4v) is 3.22. The van der Waals surface area contributed by atoms with Gasteiger partial charge in [0.15, 0.2) is 6.61 Å². The molecule has 1 fully saturated rings. The summed E-state index contributed by atoms with van der Waals surface area (Å²) in [5, 5.41) is 0.224. The number of benzene rings is 1. The van der Waals surface area contributed by atoms with Crippen molar-refractivity contribution in [3.8, 4) is 5.75 Å². The minimum Gasteiger partial charge on any atom is -0.482 e. The number of hydrogen-bond acceptors (Lipinski definition) is 4. The van der Waals surface area contributed by atoms with Gasteiger partial charge in [-0.1, -0.05) is 11.6 Å². The van der Waals surface area contributed by atoms with Crippen LogP contribution in [-0.2, 0) is 13.8 Å². The van der Waals surface area contributed by atoms with Crippen molar-refractivity contribution in [2.45, 2.75) is 17.7 Å². The van der Waals surface area contributed by atoms with Gasteiger partial charge in [-0.2, -0.15) is 0 Å². The standard InChI is InChI=1S/C12H13Cl2NO4S/c13-9-3-4-10(11(7-9)20(14,17)18)19-8-12(16)15-5-1-2-6-15/h3-4,7H,1-2,5-6,8H2. The van der Waals surface area contributed by atoms with Gasteiger partial charge < -0.3 is 9.64 Å². The monoisotopic (exact) mass is 337 g/mol. The summed E-state index contributed by atoms with van der Waals surface area (Å²) >= 11 is 5.74. The van der Waals surface area contributed by atoms with Crippen molar-refractivity contribution in [2.75, 3.05) is 19.7 Å². The maximum absolute atomic E-state index is 11.8. The zero-order valence-electron chi connectivity index (χ0n) is 10.5. The molecule has 1 aliphatic rings. The number of halogens is 2. The van der Waals surface area contributed by atoms with Crippen LogP contribution in [0.3, 0.4) is 0 Å². The molecule has 0 saturated carbocycles. The Morgan fingerprint density at radius 2 is 1.95 bits per heavy atom. The van der Waals surface area contributed by atoms with Crippen LogP contribution in [0.15, 0.2) is 23.1 Å². The predicted octanol–water partition coefficient (Wildman–Crippen LogP) is 2.27. The van der Waals surface area contributed by atoms with Crippen LogP contribution >= 0.6 is 22.3 Å². The normalized spacial score (nSPS) is 15.4. The average Bonchev–Trinajstić information content (AvgIpc) is 2.89. The molecule has 8 heteroatoms. The maximum Gasteiger partial charge on any atom is 0.265 e. The Hall–Kier alpha value is -0.980. The van der Waals surface area contributed by atoms with Crippen LogP contribution in [0.2, 0.25) is 5.02 Å². The molecule has 110 valence electrons. The van der Waals surface area contributed by atoms with E-state index in [0.29, 0.717) is 13.1 Å². The van der Waals surface area contributed by atoms with Crippen molar-refractivity contribution in [2.24, 2.45) is 0 Å². The molecule has 0 unspecified atom stereocenters. The highest BCUT2D eigenvalue weighted by Crippen LogP contribution is 2.29. The number of carbonyl (C=O) groups is 1. The molecule has 1 aromatic carbocycles. The van der Waals surface area contributed by atoms with Crippen LogP contribution in [0.4, 0.5) is 0 Å². The highest BCUT2D eigenvalue weighted by atomic mass is 35.7. The zero-order chi connectivity index (χ0) is 14.8. The van der Waals surface area contributed by atoms with E-state index >= 15 is 0 Å². The lowest BCUT2D eigenvalue weighted by Gasteiger charge is -2.16. The third-order valence-electron chi connectivity index (χ3n) is 2.98. The molecule has 0 N–H and O–H groups in total. The highest BCUT2D eigenvalue weighted by molar-refractivity contribution is 8.13. The summed E-state index contributed by atoms with van der Waals surface area (Å²) in [6.45, 7) is 1.20. The molecule has 0 atom stereocenters. The van der Waals surface area contributed by atoms with Crippen LogP contribution in [0, 0.1) is 0 Å². The summed E-state index contributed by atoms with van der Waals surface area (Å²) in [7, 11) is 1.33. The quantitative estimate of drug-likeness (QED) is 0.790. The van der Waals surface area contributed by atoms with Crippen molar-refractivity contribution < 1.29 is 17.9 Å². The number of hydrogen-bond donors (Lipinski definition) is 0. The van der Waals surface area contributed by atoms with E-state index in [1.165, 1.54) is 18.2 Å². The summed E-state index contributed by atoms with van der Waals surface area (Å²) < 4.78 is 28.2. The van der Waals surface area contributed by atoms with Gasteiger partial charge in [-0.3, -0.25) is 4.79 Å². The topological polar surface area (TPSA) is 63.7 Å². The van der Waals surface area contributed by atoms with Gasteiger partial charge in [-0.15, -0.1) is 0 Å². The van der Waals surface area contributed by atoms with Crippen LogP contribution in [0.1, 0.15) is 12.8 Å². The molecular weight excluding hydrogens is 325 g/mol. The second-order valence-corrected chi connectivity index (χ2v) is 7.38. The first kappa shape index (κ1) is 15.4. The van der Waals surface area contributed by atoms with E-state index in [2.05, 4.69) is 0 Å². The molecule has 0 radical (unpaired) electrons. The Bertz CT molecular complexity index is 612. The number of rotatable bonds is 4. The van der Waals surface area contributed by atoms with E-state index in [1.54, 1.807) is 4.90 Å². The number of ether oxygens (including phenoxy) is 1. The third-order valence-corrected chi connectivity index (χ3v) is 4.56. The van der Waals surface area contributed by atoms with Gasteiger partial charge in [0, 0.05) is 28.8 Å². The largest absolute Gasteiger partial charge is 0.482 e. The van der Waals surface area contributed by atoms with Gasteiger partial charge in [0.25, 0.3) is 15.0 Å². The Labute approximate surface area is 126 Å². The highest BCUT2D eigenvalue weighted by Gasteiger charge is 2.21. The van der Waals surface area contributed by atoms with E-state index in [1.807, 2.05) is 0 Å². The molecule has 5 nitrogen and oxygen atoms in total. The van der Waals surface area contributed by atoms with Crippen LogP contribution in [0.25, 0.3) is 0 Å². The molecule has 0 aromatic heterocycles. The van der Waals surface area contributed by atoms with Gasteiger partial charge in [0.1, 0.15) is 10.6 Å². The van der Waals surface area contributed by atoms with Crippen molar-refractivity contribution in [3.63, 3.8) is 0 Å². The van der Waals surface area contributed by atoms with Gasteiger partial charge in [0.05, 0.1) is 0 Å². The van der Waals surface area contributed by atoms with Crippen molar-refractivity contribution in [1.29, 1.82) is 0 Å². The van der Waals surface area contributed by atoms with E-state index in [4.69, 9.17) is 27.0 Å². The van der Waals surface area contributed by atoms with E-state index < -0.39 is 9.05 Å². The zero-order valence-corrected chi connectivity index (χ0v) is 12.8. The fourth-order valence-electron chi connectivity index (χ4n) is 1.99. The number of nitrogens with zero attached hydrogens (tertiary/aromatic N) is 1. The number of likely N-dealkylation sites (tertiary alicyclic amines) is 1. The van der Waals surface area contributed by atoms with Gasteiger partial charge in [0.2, 0.25) is 0 Å². The van der Waals surface area contributed by atoms with Crippen LogP contribution in [0.5, 0.6) is 5.75 Å². The lowest BCUT2D eigenvalue weighted by atomic mass is 10.3. The molecule has 20 heavy (non-hydrogen) atoms. The third kappa shape index (κ3) is 3.77. The number of amides is 1. The molecular formula is C12H13Cl2NO4S. The first-order valence-electron chi connectivity index (χ1n) is 6.03. The van der Waals surface area contributed by atoms with E-state index in [-0.39, 0.29) is 28.2 Å². The summed E-state index contributed by atoms with van der Waals surface area (Å²) in [5.41, 5.74) is 0. The van der Waals surface area contributed by atoms with E-state index in [0.717, 1.165) is 12.8 Å². The van der Waals surface area contributed by atoms with Crippen molar-refractivity contribution in [3.05, 3.63) is 23.2 Å². The van der Waals surface area contributed by atoms with Crippen LogP contribution < -0.4 is 4.74 Å². The van der Waals surface area contributed by atoms with Crippen molar-refractivity contribution in [1.82, 2.24) is 4.90 Å². The van der Waals surface area contributed by atoms with Gasteiger partial charge in [-0.25, -0.2) is 8.42 Å². The minimum atomic E-state index is -3.99.